The molecular weight excluding hydrogens is 452 g/mol. The molecule has 0 atom stereocenters. The van der Waals surface area contributed by atoms with E-state index >= 15 is 0 Å². The number of amides is 1. The zero-order valence-corrected chi connectivity index (χ0v) is 17.9. The number of phenols is 1. The second kappa shape index (κ2) is 8.26. The number of nitrogens with one attached hydrogen (secondary N) is 1. The van der Waals surface area contributed by atoms with Crippen LogP contribution in [-0.4, -0.2) is 31.5 Å². The molecule has 29 heavy (non-hydrogen) atoms. The van der Waals surface area contributed by atoms with Crippen molar-refractivity contribution in [3.05, 3.63) is 65.1 Å². The van der Waals surface area contributed by atoms with Crippen LogP contribution in [0.25, 0.3) is 22.2 Å². The normalized spacial score (nSPS) is 11.0. The highest BCUT2D eigenvalue weighted by Gasteiger charge is 2.16. The van der Waals surface area contributed by atoms with Crippen molar-refractivity contribution in [3.8, 4) is 17.1 Å². The molecular formula is C21H17BrN4O2S. The number of aromatic hydroxyl groups is 1. The Balaban J connectivity index is 1.47. The second-order valence-corrected chi connectivity index (χ2v) is 8.25. The van der Waals surface area contributed by atoms with Crippen molar-refractivity contribution < 1.29 is 9.90 Å². The highest BCUT2D eigenvalue weighted by Crippen LogP contribution is 2.32. The van der Waals surface area contributed by atoms with Crippen molar-refractivity contribution in [3.63, 3.8) is 0 Å². The maximum atomic E-state index is 12.5. The Morgan fingerprint density at radius 3 is 2.79 bits per heavy atom. The van der Waals surface area contributed by atoms with E-state index in [1.54, 1.807) is 29.8 Å². The smallest absolute Gasteiger partial charge is 0.234 e. The average Bonchev–Trinajstić information content (AvgIpc) is 3.09. The highest BCUT2D eigenvalue weighted by atomic mass is 79.9. The van der Waals surface area contributed by atoms with Gasteiger partial charge < -0.3 is 15.0 Å². The summed E-state index contributed by atoms with van der Waals surface area (Å²) >= 11 is 4.69. The Bertz CT molecular complexity index is 1200. The van der Waals surface area contributed by atoms with E-state index in [1.165, 1.54) is 11.8 Å². The minimum absolute atomic E-state index is 0.119. The van der Waals surface area contributed by atoms with Crippen molar-refractivity contribution in [1.29, 1.82) is 0 Å². The number of hydrogen-bond acceptors (Lipinski definition) is 5. The summed E-state index contributed by atoms with van der Waals surface area (Å²) in [5.74, 6) is 0.718. The zero-order chi connectivity index (χ0) is 20.4. The molecule has 0 unspecified atom stereocenters. The number of nitrogens with zero attached hydrogens (tertiary/aromatic N) is 3. The molecule has 0 spiro atoms. The third kappa shape index (κ3) is 4.13. The number of benzene rings is 3. The van der Waals surface area contributed by atoms with Crippen molar-refractivity contribution in [2.45, 2.75) is 5.16 Å². The summed E-state index contributed by atoms with van der Waals surface area (Å²) in [5, 5.41) is 24.1. The first-order valence-corrected chi connectivity index (χ1v) is 10.6. The standard InChI is InChI=1S/C21H17BrN4O2S/c1-26-20(16-11-14(22)9-10-18(16)27)24-25-21(26)29-12-19(28)23-17-8-4-6-13-5-2-3-7-15(13)17/h2-11,27H,12H2,1H3,(H,23,28). The second-order valence-electron chi connectivity index (χ2n) is 6.39. The fraction of sp³-hybridized carbons (Fsp3) is 0.0952. The Kier molecular flexibility index (Phi) is 5.55. The zero-order valence-electron chi connectivity index (χ0n) is 15.5. The van der Waals surface area contributed by atoms with Gasteiger partial charge in [-0.3, -0.25) is 4.79 Å². The van der Waals surface area contributed by atoms with E-state index in [4.69, 9.17) is 0 Å². The van der Waals surface area contributed by atoms with Crippen molar-refractivity contribution in [2.75, 3.05) is 11.1 Å². The van der Waals surface area contributed by atoms with Crippen LogP contribution in [0.2, 0.25) is 0 Å². The number of rotatable bonds is 5. The third-order valence-corrected chi connectivity index (χ3v) is 5.94. The highest BCUT2D eigenvalue weighted by molar-refractivity contribution is 9.10. The molecule has 8 heteroatoms. The molecule has 4 rings (SSSR count). The molecule has 4 aromatic rings. The Hall–Kier alpha value is -2.84. The van der Waals surface area contributed by atoms with Gasteiger partial charge in [0.25, 0.3) is 0 Å². The maximum absolute atomic E-state index is 12.5. The average molecular weight is 469 g/mol. The molecule has 1 aromatic heterocycles. The molecule has 0 fully saturated rings. The topological polar surface area (TPSA) is 80.0 Å². The number of halogens is 1. The lowest BCUT2D eigenvalue weighted by atomic mass is 10.1. The summed E-state index contributed by atoms with van der Waals surface area (Å²) in [4.78, 5) is 12.5. The van der Waals surface area contributed by atoms with Crippen LogP contribution in [0.5, 0.6) is 5.75 Å². The van der Waals surface area contributed by atoms with E-state index in [-0.39, 0.29) is 17.4 Å². The molecule has 0 aliphatic heterocycles. The van der Waals surface area contributed by atoms with Gasteiger partial charge in [0.15, 0.2) is 11.0 Å². The first-order chi connectivity index (χ1) is 14.0. The number of phenolic OH excluding ortho intramolecular Hbond substituents is 1. The molecule has 0 saturated heterocycles. The van der Waals surface area contributed by atoms with Crippen LogP contribution < -0.4 is 5.32 Å². The number of aromatic nitrogens is 3. The van der Waals surface area contributed by atoms with Gasteiger partial charge in [0, 0.05) is 22.6 Å². The predicted molar refractivity (Wildman–Crippen MR) is 119 cm³/mol. The van der Waals surface area contributed by atoms with Crippen LogP contribution >= 0.6 is 27.7 Å². The van der Waals surface area contributed by atoms with Gasteiger partial charge in [-0.05, 0) is 29.7 Å². The lowest BCUT2D eigenvalue weighted by Gasteiger charge is -2.09. The molecule has 1 amide bonds. The number of thioether (sulfide) groups is 1. The summed E-state index contributed by atoms with van der Waals surface area (Å²) in [6, 6.07) is 18.9. The number of anilines is 1. The first-order valence-electron chi connectivity index (χ1n) is 8.81. The fourth-order valence-corrected chi connectivity index (χ4v) is 4.09. The van der Waals surface area contributed by atoms with Crippen molar-refractivity contribution >= 4 is 50.1 Å². The van der Waals surface area contributed by atoms with Gasteiger partial charge >= 0.3 is 0 Å². The van der Waals surface area contributed by atoms with Crippen molar-refractivity contribution in [1.82, 2.24) is 14.8 Å². The molecule has 0 aliphatic rings. The Morgan fingerprint density at radius 1 is 1.14 bits per heavy atom. The third-order valence-electron chi connectivity index (χ3n) is 4.43. The fourth-order valence-electron chi connectivity index (χ4n) is 3.01. The quantitative estimate of drug-likeness (QED) is 0.409. The summed E-state index contributed by atoms with van der Waals surface area (Å²) in [6.07, 6.45) is 0. The van der Waals surface area contributed by atoms with E-state index in [1.807, 2.05) is 42.5 Å². The van der Waals surface area contributed by atoms with Crippen LogP contribution in [0.1, 0.15) is 0 Å². The van der Waals surface area contributed by atoms with Crippen LogP contribution in [0, 0.1) is 0 Å². The van der Waals surface area contributed by atoms with Crippen LogP contribution in [-0.2, 0) is 11.8 Å². The van der Waals surface area contributed by atoms with E-state index in [2.05, 4.69) is 31.4 Å². The number of carbonyl (C=O) groups excluding carboxylic acids is 1. The molecule has 146 valence electrons. The molecule has 1 heterocycles. The van der Waals surface area contributed by atoms with Crippen molar-refractivity contribution in [2.24, 2.45) is 7.05 Å². The largest absolute Gasteiger partial charge is 0.507 e. The molecule has 3 aromatic carbocycles. The van der Waals surface area contributed by atoms with Gasteiger partial charge in [-0.15, -0.1) is 10.2 Å². The monoisotopic (exact) mass is 468 g/mol. The predicted octanol–water partition coefficient (Wildman–Crippen LogP) is 4.83. The molecule has 0 radical (unpaired) electrons. The Morgan fingerprint density at radius 2 is 1.93 bits per heavy atom. The van der Waals surface area contributed by atoms with Gasteiger partial charge in [-0.1, -0.05) is 64.1 Å². The Labute approximate surface area is 180 Å². The van der Waals surface area contributed by atoms with E-state index in [0.717, 1.165) is 20.9 Å². The first kappa shape index (κ1) is 19.5. The molecule has 6 nitrogen and oxygen atoms in total. The van der Waals surface area contributed by atoms with Gasteiger partial charge in [-0.2, -0.15) is 0 Å². The minimum Gasteiger partial charge on any atom is -0.507 e. The number of carbonyl (C=O) groups is 1. The van der Waals surface area contributed by atoms with Crippen LogP contribution in [0.4, 0.5) is 5.69 Å². The molecule has 2 N–H and O–H groups in total. The van der Waals surface area contributed by atoms with Gasteiger partial charge in [0.1, 0.15) is 5.75 Å². The summed E-state index contributed by atoms with van der Waals surface area (Å²) in [6.45, 7) is 0. The summed E-state index contributed by atoms with van der Waals surface area (Å²) in [7, 11) is 1.81. The number of fused-ring (bicyclic) bond motifs is 1. The van der Waals surface area contributed by atoms with E-state index in [0.29, 0.717) is 16.5 Å². The van der Waals surface area contributed by atoms with Gasteiger partial charge in [0.05, 0.1) is 11.3 Å². The molecule has 0 saturated carbocycles. The van der Waals surface area contributed by atoms with Crippen LogP contribution in [0.15, 0.2) is 70.3 Å². The number of hydrogen-bond donors (Lipinski definition) is 2. The van der Waals surface area contributed by atoms with Crippen LogP contribution in [0.3, 0.4) is 0 Å². The van der Waals surface area contributed by atoms with E-state index < -0.39 is 0 Å². The lowest BCUT2D eigenvalue weighted by molar-refractivity contribution is -0.113. The molecule has 0 aliphatic carbocycles. The maximum Gasteiger partial charge on any atom is 0.234 e. The van der Waals surface area contributed by atoms with Gasteiger partial charge in [-0.25, -0.2) is 0 Å². The lowest BCUT2D eigenvalue weighted by Crippen LogP contribution is -2.14. The SMILES string of the molecule is Cn1c(SCC(=O)Nc2cccc3ccccc23)nnc1-c1cc(Br)ccc1O. The summed E-state index contributed by atoms with van der Waals surface area (Å²) in [5.41, 5.74) is 1.35. The minimum atomic E-state index is -0.124. The van der Waals surface area contributed by atoms with E-state index in [9.17, 15) is 9.90 Å². The molecule has 0 bridgehead atoms. The van der Waals surface area contributed by atoms with Gasteiger partial charge in [0.2, 0.25) is 5.91 Å². The summed E-state index contributed by atoms with van der Waals surface area (Å²) < 4.78 is 2.59.